The number of hydrogen-bond donors (Lipinski definition) is 4. The molecule has 2 spiro atoms. The van der Waals surface area contributed by atoms with Crippen LogP contribution in [0.25, 0.3) is 0 Å². The molecular formula is C20H32N2O10. The molecule has 182 valence electrons. The van der Waals surface area contributed by atoms with Crippen LogP contribution in [-0.2, 0) is 38.1 Å². The summed E-state index contributed by atoms with van der Waals surface area (Å²) in [6.07, 6.45) is 0. The highest BCUT2D eigenvalue weighted by Gasteiger charge is 2.53. The van der Waals surface area contributed by atoms with Crippen LogP contribution in [0.1, 0.15) is 13.8 Å². The predicted octanol–water partition coefficient (Wildman–Crippen LogP) is -1.27. The Morgan fingerprint density at radius 2 is 1.12 bits per heavy atom. The van der Waals surface area contributed by atoms with Gasteiger partial charge in [-0.2, -0.15) is 0 Å². The molecule has 0 aromatic heterocycles. The fourth-order valence-electron chi connectivity index (χ4n) is 4.10. The number of ether oxygens (including phenoxy) is 4. The van der Waals surface area contributed by atoms with E-state index in [9.17, 15) is 9.59 Å². The molecular weight excluding hydrogens is 428 g/mol. The average Bonchev–Trinajstić information content (AvgIpc) is 3.34. The van der Waals surface area contributed by atoms with E-state index in [1.165, 1.54) is 0 Å². The van der Waals surface area contributed by atoms with Crippen LogP contribution in [0.3, 0.4) is 0 Å². The van der Waals surface area contributed by atoms with Crippen LogP contribution < -0.4 is 10.6 Å². The molecule has 2 unspecified atom stereocenters. The molecule has 0 bridgehead atoms. The third-order valence-corrected chi connectivity index (χ3v) is 6.01. The molecule has 0 amide bonds. The maximum absolute atomic E-state index is 11.5. The van der Waals surface area contributed by atoms with E-state index in [1.807, 2.05) is 13.8 Å². The summed E-state index contributed by atoms with van der Waals surface area (Å²) < 4.78 is 20.4. The Labute approximate surface area is 185 Å². The summed E-state index contributed by atoms with van der Waals surface area (Å²) in [6.45, 7) is 10.6. The number of aliphatic carboxylic acids is 2. The van der Waals surface area contributed by atoms with Crippen LogP contribution in [0.15, 0.2) is 0 Å². The normalized spacial score (nSPS) is 25.8. The summed E-state index contributed by atoms with van der Waals surface area (Å²) in [5, 5.41) is 21.2. The van der Waals surface area contributed by atoms with Crippen LogP contribution in [0.4, 0.5) is 0 Å². The topological polar surface area (TPSA) is 170 Å². The van der Waals surface area contributed by atoms with Gasteiger partial charge in [0.15, 0.2) is 0 Å². The third-order valence-electron chi connectivity index (χ3n) is 6.01. The summed E-state index contributed by atoms with van der Waals surface area (Å²) in [5.41, 5.74) is 0.0957. The van der Waals surface area contributed by atoms with Gasteiger partial charge in [0.05, 0.1) is 51.5 Å². The van der Waals surface area contributed by atoms with Crippen molar-refractivity contribution in [3.63, 3.8) is 0 Å². The van der Waals surface area contributed by atoms with E-state index in [0.717, 1.165) is 26.2 Å². The van der Waals surface area contributed by atoms with Gasteiger partial charge in [-0.1, -0.05) is 0 Å². The van der Waals surface area contributed by atoms with E-state index in [-0.39, 0.29) is 34.6 Å². The number of esters is 2. The molecule has 4 rings (SSSR count). The van der Waals surface area contributed by atoms with Gasteiger partial charge in [-0.3, -0.25) is 9.59 Å². The number of carbonyl (C=O) groups excluding carboxylic acids is 2. The summed E-state index contributed by atoms with van der Waals surface area (Å²) in [7, 11) is 0. The maximum Gasteiger partial charge on any atom is 0.414 e. The summed E-state index contributed by atoms with van der Waals surface area (Å²) in [6, 6.07) is 0. The number of carboxylic acids is 2. The molecule has 12 nitrogen and oxygen atoms in total. The SMILES string of the molecule is CCOC(=O)C1CNCC12COC2.CCOC(=O)C1CNCC12COC2.O=C(O)C(=O)O. The van der Waals surface area contributed by atoms with Crippen molar-refractivity contribution in [2.24, 2.45) is 22.7 Å². The summed E-state index contributed by atoms with van der Waals surface area (Å²) in [4.78, 5) is 41.3. The van der Waals surface area contributed by atoms with Gasteiger partial charge < -0.3 is 39.8 Å². The molecule has 0 radical (unpaired) electrons. The van der Waals surface area contributed by atoms with Crippen LogP contribution in [-0.4, -0.2) is 99.9 Å². The highest BCUT2D eigenvalue weighted by atomic mass is 16.5. The standard InChI is InChI=1S/2C9H15NO3.C2H2O4/c2*1-2-13-8(11)7-3-10-4-9(7)5-12-6-9;3-1(4)2(5)6/h2*7,10H,2-6H2,1H3;(H,3,4)(H,5,6). The first kappa shape index (κ1) is 26.0. The molecule has 4 aliphatic rings. The molecule has 4 saturated heterocycles. The highest BCUT2D eigenvalue weighted by Crippen LogP contribution is 2.40. The summed E-state index contributed by atoms with van der Waals surface area (Å²) >= 11 is 0. The van der Waals surface area contributed by atoms with E-state index in [4.69, 9.17) is 38.7 Å². The number of carboxylic acid groups (broad SMARTS) is 2. The fourth-order valence-corrected chi connectivity index (χ4v) is 4.10. The lowest BCUT2D eigenvalue weighted by molar-refractivity contribution is -0.170. The van der Waals surface area contributed by atoms with Gasteiger partial charge in [-0.05, 0) is 13.8 Å². The molecule has 0 aromatic rings. The quantitative estimate of drug-likeness (QED) is 0.290. The van der Waals surface area contributed by atoms with E-state index in [2.05, 4.69) is 10.6 Å². The molecule has 12 heteroatoms. The Morgan fingerprint density at radius 1 is 0.781 bits per heavy atom. The van der Waals surface area contributed by atoms with Crippen LogP contribution in [0.2, 0.25) is 0 Å². The minimum absolute atomic E-state index is 0.00111. The van der Waals surface area contributed by atoms with E-state index >= 15 is 0 Å². The number of carbonyl (C=O) groups is 4. The zero-order valence-corrected chi connectivity index (χ0v) is 18.4. The van der Waals surface area contributed by atoms with E-state index in [0.29, 0.717) is 39.6 Å². The van der Waals surface area contributed by atoms with Crippen molar-refractivity contribution in [1.82, 2.24) is 10.6 Å². The second-order valence-electron chi connectivity index (χ2n) is 8.19. The minimum Gasteiger partial charge on any atom is -0.473 e. The van der Waals surface area contributed by atoms with E-state index in [1.54, 1.807) is 0 Å². The molecule has 0 aromatic carbocycles. The fraction of sp³-hybridized carbons (Fsp3) is 0.800. The lowest BCUT2D eigenvalue weighted by Gasteiger charge is -2.40. The smallest absolute Gasteiger partial charge is 0.414 e. The Morgan fingerprint density at radius 3 is 1.34 bits per heavy atom. The minimum atomic E-state index is -1.82. The molecule has 0 aliphatic carbocycles. The Hall–Kier alpha value is -2.28. The first-order valence-electron chi connectivity index (χ1n) is 10.6. The third kappa shape index (κ3) is 5.94. The van der Waals surface area contributed by atoms with Crippen LogP contribution in [0, 0.1) is 22.7 Å². The lowest BCUT2D eigenvalue weighted by Crippen LogP contribution is -2.51. The second-order valence-corrected chi connectivity index (χ2v) is 8.19. The van der Waals surface area contributed by atoms with Crippen molar-refractivity contribution in [2.75, 3.05) is 65.8 Å². The van der Waals surface area contributed by atoms with Crippen LogP contribution in [0.5, 0.6) is 0 Å². The number of hydrogen-bond acceptors (Lipinski definition) is 10. The van der Waals surface area contributed by atoms with Crippen LogP contribution >= 0.6 is 0 Å². The molecule has 4 N–H and O–H groups in total. The highest BCUT2D eigenvalue weighted by molar-refractivity contribution is 6.27. The summed E-state index contributed by atoms with van der Waals surface area (Å²) in [5.74, 6) is -3.79. The maximum atomic E-state index is 11.5. The monoisotopic (exact) mass is 460 g/mol. The van der Waals surface area contributed by atoms with Crippen molar-refractivity contribution < 1.29 is 48.3 Å². The zero-order chi connectivity index (χ0) is 23.8. The number of rotatable bonds is 4. The Bertz CT molecular complexity index is 632. The zero-order valence-electron chi connectivity index (χ0n) is 18.4. The van der Waals surface area contributed by atoms with Gasteiger partial charge in [-0.25, -0.2) is 9.59 Å². The van der Waals surface area contributed by atoms with Crippen molar-refractivity contribution >= 4 is 23.9 Å². The van der Waals surface area contributed by atoms with E-state index < -0.39 is 11.9 Å². The molecule has 2 atom stereocenters. The van der Waals surface area contributed by atoms with Crippen molar-refractivity contribution in [2.45, 2.75) is 13.8 Å². The largest absolute Gasteiger partial charge is 0.473 e. The lowest BCUT2D eigenvalue weighted by atomic mass is 9.76. The molecule has 4 heterocycles. The van der Waals surface area contributed by atoms with Gasteiger partial charge in [0.25, 0.3) is 0 Å². The second kappa shape index (κ2) is 11.5. The number of nitrogens with one attached hydrogen (secondary N) is 2. The van der Waals surface area contributed by atoms with Crippen molar-refractivity contribution in [3.8, 4) is 0 Å². The first-order valence-corrected chi connectivity index (χ1v) is 10.6. The van der Waals surface area contributed by atoms with Gasteiger partial charge in [-0.15, -0.1) is 0 Å². The van der Waals surface area contributed by atoms with Crippen molar-refractivity contribution in [3.05, 3.63) is 0 Å². The first-order chi connectivity index (χ1) is 15.2. The molecule has 4 aliphatic heterocycles. The molecule has 0 saturated carbocycles. The average molecular weight is 460 g/mol. The van der Waals surface area contributed by atoms with Gasteiger partial charge in [0, 0.05) is 37.0 Å². The van der Waals surface area contributed by atoms with Gasteiger partial charge in [0.2, 0.25) is 0 Å². The molecule has 32 heavy (non-hydrogen) atoms. The van der Waals surface area contributed by atoms with Gasteiger partial charge >= 0.3 is 23.9 Å². The van der Waals surface area contributed by atoms with Crippen molar-refractivity contribution in [1.29, 1.82) is 0 Å². The molecule has 4 fully saturated rings. The predicted molar refractivity (Wildman–Crippen MR) is 108 cm³/mol. The van der Waals surface area contributed by atoms with Gasteiger partial charge in [0.1, 0.15) is 0 Å². The Kier molecular flexibility index (Phi) is 9.37. The Balaban J connectivity index is 0.000000183.